The molecule has 3 aromatic rings. The molecule has 5 rings (SSSR count). The zero-order chi connectivity index (χ0) is 23.2. The fraction of sp³-hybridized carbons (Fsp3) is 0.333. The molecule has 0 radical (unpaired) electrons. The average Bonchev–Trinajstić information content (AvgIpc) is 3.39. The first-order chi connectivity index (χ1) is 15.8. The van der Waals surface area contributed by atoms with Gasteiger partial charge in [0.2, 0.25) is 5.88 Å². The highest BCUT2D eigenvalue weighted by molar-refractivity contribution is 6.00. The molecule has 33 heavy (non-hydrogen) atoms. The number of aromatic nitrogens is 3. The number of amides is 1. The van der Waals surface area contributed by atoms with E-state index in [4.69, 9.17) is 4.74 Å². The molecule has 1 saturated carbocycles. The van der Waals surface area contributed by atoms with E-state index in [9.17, 15) is 18.0 Å². The first-order valence-corrected chi connectivity index (χ1v) is 10.7. The van der Waals surface area contributed by atoms with Crippen LogP contribution in [0.1, 0.15) is 34.3 Å². The lowest BCUT2D eigenvalue weighted by atomic mass is 10.0. The number of piperidine rings is 1. The molecule has 0 unspecified atom stereocenters. The Morgan fingerprint density at radius 3 is 2.61 bits per heavy atom. The number of likely N-dealkylation sites (tertiary alicyclic amines) is 1. The van der Waals surface area contributed by atoms with Gasteiger partial charge in [-0.15, -0.1) is 0 Å². The van der Waals surface area contributed by atoms with Gasteiger partial charge in [0.25, 0.3) is 5.91 Å². The fourth-order valence-electron chi connectivity index (χ4n) is 4.69. The standard InChI is InChI=1S/C24H21F3N4O2/c1-14-8-17(22(30-11-14)18-4-2-3-7-28-18)23(32)31-13-15-9-19(31)20(10-15)33-21-6-5-16(12-29-21)24(25,26)27/h2-8,11-12,15,19-20H,9-10,13H2,1H3/t15-,19+,20-/m1/s1. The third kappa shape index (κ3) is 4.15. The number of hydrogen-bond acceptors (Lipinski definition) is 5. The predicted octanol–water partition coefficient (Wildman–Crippen LogP) is 4.55. The van der Waals surface area contributed by atoms with Gasteiger partial charge >= 0.3 is 6.18 Å². The quantitative estimate of drug-likeness (QED) is 0.579. The number of carbonyl (C=O) groups excluding carboxylic acids is 1. The third-order valence-corrected chi connectivity index (χ3v) is 6.18. The number of ether oxygens (including phenoxy) is 1. The summed E-state index contributed by atoms with van der Waals surface area (Å²) in [5.41, 5.74) is 1.66. The summed E-state index contributed by atoms with van der Waals surface area (Å²) in [5.74, 6) is 0.252. The molecule has 1 aliphatic heterocycles. The number of aryl methyl sites for hydroxylation is 1. The summed E-state index contributed by atoms with van der Waals surface area (Å²) in [5, 5.41) is 0. The van der Waals surface area contributed by atoms with Gasteiger partial charge in [-0.1, -0.05) is 6.07 Å². The van der Waals surface area contributed by atoms with Crippen LogP contribution in [-0.2, 0) is 6.18 Å². The lowest BCUT2D eigenvalue weighted by molar-refractivity contribution is -0.137. The van der Waals surface area contributed by atoms with Crippen LogP contribution in [0.4, 0.5) is 13.2 Å². The van der Waals surface area contributed by atoms with Crippen molar-refractivity contribution in [3.63, 3.8) is 0 Å². The Morgan fingerprint density at radius 1 is 1.09 bits per heavy atom. The SMILES string of the molecule is Cc1cnc(-c2ccccn2)c(C(=O)N2C[C@H]3C[C@@H](Oc4ccc(C(F)(F)F)cn4)[C@@H]2C3)c1. The van der Waals surface area contributed by atoms with Crippen molar-refractivity contribution in [2.75, 3.05) is 6.54 Å². The first-order valence-electron chi connectivity index (χ1n) is 10.7. The van der Waals surface area contributed by atoms with Crippen molar-refractivity contribution in [3.8, 4) is 17.3 Å². The van der Waals surface area contributed by atoms with Gasteiger partial charge in [0.15, 0.2) is 0 Å². The number of nitrogens with zero attached hydrogens (tertiary/aromatic N) is 4. The van der Waals surface area contributed by atoms with Crippen molar-refractivity contribution in [2.24, 2.45) is 5.92 Å². The van der Waals surface area contributed by atoms with Crippen LogP contribution in [0.25, 0.3) is 11.4 Å². The van der Waals surface area contributed by atoms with Crippen LogP contribution in [0.5, 0.6) is 5.88 Å². The fourth-order valence-corrected chi connectivity index (χ4v) is 4.69. The van der Waals surface area contributed by atoms with Crippen molar-refractivity contribution < 1.29 is 22.7 Å². The lowest BCUT2D eigenvalue weighted by Gasteiger charge is -2.33. The van der Waals surface area contributed by atoms with E-state index >= 15 is 0 Å². The summed E-state index contributed by atoms with van der Waals surface area (Å²) in [7, 11) is 0. The van der Waals surface area contributed by atoms with E-state index in [1.165, 1.54) is 6.07 Å². The molecule has 4 heterocycles. The minimum atomic E-state index is -4.45. The topological polar surface area (TPSA) is 68.2 Å². The number of fused-ring (bicyclic) bond motifs is 2. The summed E-state index contributed by atoms with van der Waals surface area (Å²) in [4.78, 5) is 28.0. The van der Waals surface area contributed by atoms with Gasteiger partial charge in [-0.05, 0) is 55.5 Å². The van der Waals surface area contributed by atoms with E-state index in [0.29, 0.717) is 23.5 Å². The molecule has 0 aromatic carbocycles. The first kappa shape index (κ1) is 21.4. The summed E-state index contributed by atoms with van der Waals surface area (Å²) in [6.07, 6.45) is 0.874. The number of hydrogen-bond donors (Lipinski definition) is 0. The molecular weight excluding hydrogens is 433 g/mol. The van der Waals surface area contributed by atoms with E-state index in [1.807, 2.05) is 25.1 Å². The van der Waals surface area contributed by atoms with Gasteiger partial charge in [0, 0.05) is 31.2 Å². The highest BCUT2D eigenvalue weighted by Crippen LogP contribution is 2.41. The maximum absolute atomic E-state index is 13.6. The van der Waals surface area contributed by atoms with Crippen LogP contribution in [0.2, 0.25) is 0 Å². The molecule has 0 spiro atoms. The Morgan fingerprint density at radius 2 is 1.94 bits per heavy atom. The van der Waals surface area contributed by atoms with Gasteiger partial charge in [0.05, 0.1) is 22.9 Å². The van der Waals surface area contributed by atoms with Crippen LogP contribution >= 0.6 is 0 Å². The molecule has 2 aliphatic rings. The van der Waals surface area contributed by atoms with Crippen LogP contribution < -0.4 is 4.74 Å². The van der Waals surface area contributed by atoms with Crippen molar-refractivity contribution in [1.29, 1.82) is 0 Å². The Bertz CT molecular complexity index is 1170. The van der Waals surface area contributed by atoms with Crippen LogP contribution in [0.3, 0.4) is 0 Å². The Labute approximate surface area is 188 Å². The predicted molar refractivity (Wildman–Crippen MR) is 113 cm³/mol. The second-order valence-corrected chi connectivity index (χ2v) is 8.53. The van der Waals surface area contributed by atoms with E-state index < -0.39 is 11.7 Å². The number of halogens is 3. The minimum absolute atomic E-state index is 0.124. The molecule has 2 bridgehead atoms. The van der Waals surface area contributed by atoms with Gasteiger partial charge in [-0.2, -0.15) is 13.2 Å². The molecular formula is C24H21F3N4O2. The second kappa shape index (κ2) is 8.13. The molecule has 0 N–H and O–H groups in total. The van der Waals surface area contributed by atoms with Crippen molar-refractivity contribution in [3.05, 3.63) is 71.7 Å². The Hall–Kier alpha value is -3.49. The zero-order valence-corrected chi connectivity index (χ0v) is 17.8. The van der Waals surface area contributed by atoms with E-state index in [-0.39, 0.29) is 29.9 Å². The molecule has 1 amide bonds. The van der Waals surface area contributed by atoms with Crippen LogP contribution in [-0.4, -0.2) is 44.4 Å². The lowest BCUT2D eigenvalue weighted by Crippen LogP contribution is -2.47. The number of pyridine rings is 3. The van der Waals surface area contributed by atoms with Gasteiger partial charge in [-0.25, -0.2) is 4.98 Å². The Kier molecular flexibility index (Phi) is 5.26. The van der Waals surface area contributed by atoms with E-state index in [2.05, 4.69) is 15.0 Å². The normalized spacial score (nSPS) is 21.9. The molecule has 2 fully saturated rings. The molecule has 170 valence electrons. The molecule has 1 saturated heterocycles. The van der Waals surface area contributed by atoms with Crippen LogP contribution in [0, 0.1) is 12.8 Å². The Balaban J connectivity index is 1.37. The van der Waals surface area contributed by atoms with Gasteiger partial charge in [-0.3, -0.25) is 14.8 Å². The van der Waals surface area contributed by atoms with Crippen LogP contribution in [0.15, 0.2) is 55.0 Å². The van der Waals surface area contributed by atoms with Crippen molar-refractivity contribution in [1.82, 2.24) is 19.9 Å². The summed E-state index contributed by atoms with van der Waals surface area (Å²) in [6.45, 7) is 2.49. The van der Waals surface area contributed by atoms with Crippen molar-refractivity contribution in [2.45, 2.75) is 38.1 Å². The second-order valence-electron chi connectivity index (χ2n) is 8.53. The number of rotatable bonds is 4. The number of alkyl halides is 3. The molecule has 1 aliphatic carbocycles. The molecule has 3 aromatic heterocycles. The van der Waals surface area contributed by atoms with E-state index in [0.717, 1.165) is 30.7 Å². The van der Waals surface area contributed by atoms with Gasteiger partial charge in [0.1, 0.15) is 11.8 Å². The summed E-state index contributed by atoms with van der Waals surface area (Å²) in [6, 6.07) is 9.28. The largest absolute Gasteiger partial charge is 0.472 e. The summed E-state index contributed by atoms with van der Waals surface area (Å²) < 4.78 is 44.3. The smallest absolute Gasteiger partial charge is 0.417 e. The average molecular weight is 454 g/mol. The summed E-state index contributed by atoms with van der Waals surface area (Å²) >= 11 is 0. The van der Waals surface area contributed by atoms with E-state index in [1.54, 1.807) is 23.4 Å². The van der Waals surface area contributed by atoms with Gasteiger partial charge < -0.3 is 9.64 Å². The minimum Gasteiger partial charge on any atom is -0.472 e. The third-order valence-electron chi connectivity index (χ3n) is 6.18. The number of carbonyl (C=O) groups is 1. The maximum Gasteiger partial charge on any atom is 0.417 e. The molecule has 6 nitrogen and oxygen atoms in total. The molecule has 3 atom stereocenters. The zero-order valence-electron chi connectivity index (χ0n) is 17.8. The molecule has 9 heteroatoms. The monoisotopic (exact) mass is 454 g/mol. The highest BCUT2D eigenvalue weighted by atomic mass is 19.4. The van der Waals surface area contributed by atoms with Crippen molar-refractivity contribution >= 4 is 5.91 Å². The maximum atomic E-state index is 13.6. The highest BCUT2D eigenvalue weighted by Gasteiger charge is 2.49.